The van der Waals surface area contributed by atoms with Gasteiger partial charge in [0.15, 0.2) is 0 Å². The molecule has 5 rings (SSSR count). The van der Waals surface area contributed by atoms with E-state index in [1.54, 1.807) is 37.4 Å². The van der Waals surface area contributed by atoms with Crippen LogP contribution in [0.2, 0.25) is 0 Å². The molecule has 228 valence electrons. The lowest BCUT2D eigenvalue weighted by Gasteiger charge is -2.38. The molecule has 1 aliphatic carbocycles. The highest BCUT2D eigenvalue weighted by Gasteiger charge is 2.32. The van der Waals surface area contributed by atoms with Gasteiger partial charge in [-0.05, 0) is 42.2 Å². The Morgan fingerprint density at radius 3 is 2.47 bits per heavy atom. The summed E-state index contributed by atoms with van der Waals surface area (Å²) in [7, 11) is 4.62. The maximum atomic E-state index is 13.0. The Bertz CT molecular complexity index is 1400. The molecule has 1 aromatic heterocycles. The van der Waals surface area contributed by atoms with Crippen molar-refractivity contribution in [3.63, 3.8) is 0 Å². The van der Waals surface area contributed by atoms with E-state index in [9.17, 15) is 14.7 Å². The van der Waals surface area contributed by atoms with Gasteiger partial charge in [0.25, 0.3) is 5.91 Å². The van der Waals surface area contributed by atoms with E-state index in [0.717, 1.165) is 24.2 Å². The molecule has 0 saturated carbocycles. The number of likely N-dealkylation sites (tertiary alicyclic amines) is 1. The summed E-state index contributed by atoms with van der Waals surface area (Å²) in [6, 6.07) is 17.7. The summed E-state index contributed by atoms with van der Waals surface area (Å²) in [6.45, 7) is 2.04. The maximum absolute atomic E-state index is 13.0. The summed E-state index contributed by atoms with van der Waals surface area (Å²) in [4.78, 5) is 32.7. The summed E-state index contributed by atoms with van der Waals surface area (Å²) in [6.07, 6.45) is 2.18. The van der Waals surface area contributed by atoms with Crippen LogP contribution in [0.4, 0.5) is 10.6 Å². The monoisotopic (exact) mass is 589 g/mol. The van der Waals surface area contributed by atoms with E-state index in [4.69, 9.17) is 14.2 Å². The van der Waals surface area contributed by atoms with Crippen LogP contribution in [0.5, 0.6) is 11.5 Å². The minimum Gasteiger partial charge on any atom is -0.497 e. The second-order valence-electron chi connectivity index (χ2n) is 10.9. The van der Waals surface area contributed by atoms with Crippen LogP contribution >= 0.6 is 0 Å². The minimum absolute atomic E-state index is 0.0313. The number of carbonyl (C=O) groups excluding carboxylic acids is 2. The Labute approximate surface area is 251 Å². The fraction of sp³-hybridized carbons (Fsp3) is 0.406. The van der Waals surface area contributed by atoms with Crippen molar-refractivity contribution in [3.8, 4) is 11.5 Å². The highest BCUT2D eigenvalue weighted by molar-refractivity contribution is 5.94. The number of aliphatic hydroxyl groups is 1. The highest BCUT2D eigenvalue weighted by Crippen LogP contribution is 2.30. The molecular formula is C32H39N5O6. The van der Waals surface area contributed by atoms with Gasteiger partial charge in [-0.3, -0.25) is 9.69 Å². The molecule has 3 N–H and O–H groups in total. The average molecular weight is 590 g/mol. The summed E-state index contributed by atoms with van der Waals surface area (Å²) >= 11 is 0. The van der Waals surface area contributed by atoms with Crippen molar-refractivity contribution in [1.82, 2.24) is 20.1 Å². The molecule has 0 radical (unpaired) electrons. The zero-order valence-electron chi connectivity index (χ0n) is 24.8. The van der Waals surface area contributed by atoms with E-state index in [1.807, 2.05) is 18.2 Å². The summed E-state index contributed by atoms with van der Waals surface area (Å²) < 4.78 is 15.7. The van der Waals surface area contributed by atoms with Crippen molar-refractivity contribution in [3.05, 3.63) is 83.0 Å². The molecule has 43 heavy (non-hydrogen) atoms. The first-order valence-electron chi connectivity index (χ1n) is 14.4. The predicted octanol–water partition coefficient (Wildman–Crippen LogP) is 2.72. The van der Waals surface area contributed by atoms with E-state index in [2.05, 4.69) is 44.8 Å². The molecule has 11 heteroatoms. The Kier molecular flexibility index (Phi) is 9.63. The van der Waals surface area contributed by atoms with Crippen molar-refractivity contribution in [2.24, 2.45) is 0 Å². The average Bonchev–Trinajstić information content (AvgIpc) is 3.45. The number of amides is 2. The third-order valence-corrected chi connectivity index (χ3v) is 8.05. The SMILES string of the molecule is COC(=O)N1CC(Nc2cc(C(=O)NCC(O)CN(Cc3ccc(OC)cc3OC)C3Cc4ccccc4C3)ccn2)C1. The Morgan fingerprint density at radius 2 is 1.79 bits per heavy atom. The summed E-state index contributed by atoms with van der Waals surface area (Å²) in [5.74, 6) is 1.69. The normalized spacial score (nSPS) is 15.4. The van der Waals surface area contributed by atoms with Gasteiger partial charge >= 0.3 is 6.09 Å². The number of anilines is 1. The second-order valence-corrected chi connectivity index (χ2v) is 10.9. The zero-order chi connectivity index (χ0) is 30.3. The largest absolute Gasteiger partial charge is 0.497 e. The molecule has 1 aliphatic heterocycles. The van der Waals surface area contributed by atoms with Crippen LogP contribution in [-0.2, 0) is 24.1 Å². The number of carbonyl (C=O) groups is 2. The van der Waals surface area contributed by atoms with E-state index < -0.39 is 6.10 Å². The topological polar surface area (TPSA) is 125 Å². The van der Waals surface area contributed by atoms with Crippen LogP contribution in [0.3, 0.4) is 0 Å². The molecule has 11 nitrogen and oxygen atoms in total. The molecule has 2 aromatic carbocycles. The van der Waals surface area contributed by atoms with Crippen molar-refractivity contribution >= 4 is 17.8 Å². The molecule has 0 bridgehead atoms. The van der Waals surface area contributed by atoms with Gasteiger partial charge in [-0.25, -0.2) is 9.78 Å². The number of aromatic nitrogens is 1. The van der Waals surface area contributed by atoms with Crippen LogP contribution in [0.15, 0.2) is 60.8 Å². The van der Waals surface area contributed by atoms with Crippen LogP contribution < -0.4 is 20.1 Å². The van der Waals surface area contributed by atoms with Gasteiger partial charge in [0.1, 0.15) is 17.3 Å². The van der Waals surface area contributed by atoms with Gasteiger partial charge in [0.05, 0.1) is 33.5 Å². The second kappa shape index (κ2) is 13.7. The van der Waals surface area contributed by atoms with E-state index in [-0.39, 0.29) is 30.6 Å². The minimum atomic E-state index is -0.796. The maximum Gasteiger partial charge on any atom is 0.409 e. The van der Waals surface area contributed by atoms with Crippen molar-refractivity contribution < 1.29 is 28.9 Å². The molecule has 2 heterocycles. The van der Waals surface area contributed by atoms with Crippen LogP contribution in [-0.4, -0.2) is 97.6 Å². The molecule has 2 amide bonds. The third-order valence-electron chi connectivity index (χ3n) is 8.05. The lowest BCUT2D eigenvalue weighted by atomic mass is 10.1. The molecule has 3 aromatic rings. The number of nitrogens with one attached hydrogen (secondary N) is 2. The van der Waals surface area contributed by atoms with Gasteiger partial charge in [-0.15, -0.1) is 0 Å². The Morgan fingerprint density at radius 1 is 1.05 bits per heavy atom. The lowest BCUT2D eigenvalue weighted by molar-refractivity contribution is 0.0747. The Balaban J connectivity index is 1.20. The third kappa shape index (κ3) is 7.36. The van der Waals surface area contributed by atoms with Crippen molar-refractivity contribution in [2.45, 2.75) is 37.6 Å². The molecule has 0 spiro atoms. The number of benzene rings is 2. The molecule has 1 unspecified atom stereocenters. The molecule has 1 atom stereocenters. The first kappa shape index (κ1) is 30.1. The standard InChI is InChI=1S/C32H39N5O6/c1-41-28-9-8-24(29(15-28)42-2)17-36(26-12-21-6-4-5-7-22(21)13-26)20-27(38)16-34-31(39)23-10-11-33-30(14-23)35-25-18-37(19-25)32(40)43-3/h4-11,14-15,25-27,38H,12-13,16-20H2,1-3H3,(H,33,35)(H,34,39). The highest BCUT2D eigenvalue weighted by atomic mass is 16.5. The number of rotatable bonds is 12. The number of ether oxygens (including phenoxy) is 3. The number of pyridine rings is 1. The molecule has 2 aliphatic rings. The van der Waals surface area contributed by atoms with Crippen LogP contribution in [0.25, 0.3) is 0 Å². The molecule has 1 fully saturated rings. The van der Waals surface area contributed by atoms with Gasteiger partial charge in [0, 0.05) is 62.2 Å². The molecular weight excluding hydrogens is 550 g/mol. The van der Waals surface area contributed by atoms with Crippen LogP contribution in [0, 0.1) is 0 Å². The number of fused-ring (bicyclic) bond motifs is 1. The smallest absolute Gasteiger partial charge is 0.409 e. The lowest BCUT2D eigenvalue weighted by Crippen LogP contribution is -2.57. The number of hydrogen-bond donors (Lipinski definition) is 3. The fourth-order valence-corrected chi connectivity index (χ4v) is 5.69. The van der Waals surface area contributed by atoms with Gasteiger partial charge in [-0.1, -0.05) is 30.3 Å². The fourth-order valence-electron chi connectivity index (χ4n) is 5.69. The Hall–Kier alpha value is -4.35. The molecule has 1 saturated heterocycles. The summed E-state index contributed by atoms with van der Waals surface area (Å²) in [5.41, 5.74) is 4.07. The van der Waals surface area contributed by atoms with Gasteiger partial charge < -0.3 is 34.9 Å². The van der Waals surface area contributed by atoms with E-state index >= 15 is 0 Å². The van der Waals surface area contributed by atoms with Crippen molar-refractivity contribution in [2.75, 3.05) is 52.8 Å². The summed E-state index contributed by atoms with van der Waals surface area (Å²) in [5, 5.41) is 17.2. The van der Waals surface area contributed by atoms with Gasteiger partial charge in [-0.2, -0.15) is 0 Å². The number of hydrogen-bond acceptors (Lipinski definition) is 9. The zero-order valence-corrected chi connectivity index (χ0v) is 24.8. The predicted molar refractivity (Wildman–Crippen MR) is 162 cm³/mol. The number of nitrogens with zero attached hydrogens (tertiary/aromatic N) is 3. The first-order valence-corrected chi connectivity index (χ1v) is 14.4. The van der Waals surface area contributed by atoms with Crippen molar-refractivity contribution in [1.29, 1.82) is 0 Å². The quantitative estimate of drug-likeness (QED) is 0.292. The van der Waals surface area contributed by atoms with E-state index in [1.165, 1.54) is 18.2 Å². The number of methoxy groups -OCH3 is 3. The number of aliphatic hydroxyl groups excluding tert-OH is 1. The van der Waals surface area contributed by atoms with Gasteiger partial charge in [0.2, 0.25) is 0 Å². The van der Waals surface area contributed by atoms with Crippen LogP contribution in [0.1, 0.15) is 27.0 Å². The van der Waals surface area contributed by atoms with E-state index in [0.29, 0.717) is 43.3 Å². The first-order chi connectivity index (χ1) is 20.9.